The van der Waals surface area contributed by atoms with Gasteiger partial charge in [-0.3, -0.25) is 4.79 Å². The van der Waals surface area contributed by atoms with Crippen molar-refractivity contribution in [2.75, 3.05) is 25.2 Å². The van der Waals surface area contributed by atoms with Gasteiger partial charge in [0.15, 0.2) is 5.16 Å². The van der Waals surface area contributed by atoms with Crippen molar-refractivity contribution < 1.29 is 13.2 Å². The molecule has 1 heterocycles. The molecular formula is C18H25N5O3S2. The van der Waals surface area contributed by atoms with E-state index in [2.05, 4.69) is 22.1 Å². The van der Waals surface area contributed by atoms with E-state index >= 15 is 0 Å². The van der Waals surface area contributed by atoms with Gasteiger partial charge < -0.3 is 9.88 Å². The van der Waals surface area contributed by atoms with Crippen molar-refractivity contribution in [3.05, 3.63) is 41.7 Å². The minimum absolute atomic E-state index is 0.123. The summed E-state index contributed by atoms with van der Waals surface area (Å²) in [5, 5.41) is 11.5. The highest BCUT2D eigenvalue weighted by molar-refractivity contribution is 7.99. The van der Waals surface area contributed by atoms with Gasteiger partial charge in [0.05, 0.1) is 10.6 Å². The van der Waals surface area contributed by atoms with E-state index in [0.29, 0.717) is 17.4 Å². The number of carbonyl (C=O) groups is 1. The molecule has 8 nitrogen and oxygen atoms in total. The highest BCUT2D eigenvalue weighted by atomic mass is 32.2. The largest absolute Gasteiger partial charge is 0.325 e. The highest BCUT2D eigenvalue weighted by Gasteiger charge is 2.20. The van der Waals surface area contributed by atoms with E-state index in [9.17, 15) is 13.2 Å². The summed E-state index contributed by atoms with van der Waals surface area (Å²) >= 11 is 1.26. The van der Waals surface area contributed by atoms with Crippen LogP contribution < -0.4 is 5.32 Å². The summed E-state index contributed by atoms with van der Waals surface area (Å²) in [5.41, 5.74) is 2.09. The Morgan fingerprint density at radius 2 is 1.96 bits per heavy atom. The average molecular weight is 424 g/mol. The number of anilines is 1. The van der Waals surface area contributed by atoms with Crippen molar-refractivity contribution in [2.24, 2.45) is 0 Å². The van der Waals surface area contributed by atoms with Crippen molar-refractivity contribution in [1.82, 2.24) is 19.1 Å². The molecule has 0 bridgehead atoms. The molecule has 1 aromatic heterocycles. The molecule has 0 atom stereocenters. The van der Waals surface area contributed by atoms with E-state index < -0.39 is 10.0 Å². The molecule has 0 aliphatic heterocycles. The minimum Gasteiger partial charge on any atom is -0.325 e. The first-order chi connectivity index (χ1) is 13.1. The Hall–Kier alpha value is -2.17. The summed E-state index contributed by atoms with van der Waals surface area (Å²) < 4.78 is 27.9. The van der Waals surface area contributed by atoms with Crippen molar-refractivity contribution in [1.29, 1.82) is 0 Å². The number of hydrogen-bond donors (Lipinski definition) is 1. The molecule has 0 saturated carbocycles. The molecule has 0 radical (unpaired) electrons. The molecule has 0 aliphatic carbocycles. The number of thioether (sulfide) groups is 1. The second kappa shape index (κ2) is 8.89. The van der Waals surface area contributed by atoms with Crippen molar-refractivity contribution >= 4 is 33.4 Å². The van der Waals surface area contributed by atoms with Gasteiger partial charge in [-0.25, -0.2) is 12.7 Å². The third-order valence-corrected chi connectivity index (χ3v) is 7.00. The Morgan fingerprint density at radius 1 is 1.29 bits per heavy atom. The predicted molar refractivity (Wildman–Crippen MR) is 111 cm³/mol. The molecule has 1 aromatic carbocycles. The zero-order valence-electron chi connectivity index (χ0n) is 16.7. The fourth-order valence-corrected chi connectivity index (χ4v) is 4.25. The van der Waals surface area contributed by atoms with Crippen LogP contribution in [0.15, 0.2) is 34.8 Å². The molecule has 0 unspecified atom stereocenters. The monoisotopic (exact) mass is 423 g/mol. The fraction of sp³-hybridized carbons (Fsp3) is 0.389. The Bertz CT molecular complexity index is 997. The number of amides is 1. The van der Waals surface area contributed by atoms with Gasteiger partial charge in [-0.2, -0.15) is 0 Å². The summed E-state index contributed by atoms with van der Waals surface area (Å²) in [5.74, 6) is 0.617. The fourth-order valence-electron chi connectivity index (χ4n) is 2.44. The number of carbonyl (C=O) groups excluding carboxylic acids is 1. The minimum atomic E-state index is -3.59. The van der Waals surface area contributed by atoms with Crippen LogP contribution in [0.4, 0.5) is 5.69 Å². The van der Waals surface area contributed by atoms with Gasteiger partial charge >= 0.3 is 0 Å². The second-order valence-corrected chi connectivity index (χ2v) is 9.56. The van der Waals surface area contributed by atoms with Gasteiger partial charge in [-0.05, 0) is 44.0 Å². The van der Waals surface area contributed by atoms with E-state index in [1.165, 1.54) is 31.9 Å². The lowest BCUT2D eigenvalue weighted by atomic mass is 10.1. The number of aromatic nitrogens is 3. The van der Waals surface area contributed by atoms with Crippen molar-refractivity contribution in [3.63, 3.8) is 0 Å². The lowest BCUT2D eigenvalue weighted by Gasteiger charge is -2.16. The molecule has 0 spiro atoms. The van der Waals surface area contributed by atoms with E-state index in [1.807, 2.05) is 25.3 Å². The summed E-state index contributed by atoms with van der Waals surface area (Å²) in [6.45, 7) is 9.76. The molecule has 10 heteroatoms. The summed E-state index contributed by atoms with van der Waals surface area (Å²) in [6, 6.07) is 3.10. The lowest BCUT2D eigenvalue weighted by Crippen LogP contribution is -2.23. The van der Waals surface area contributed by atoms with Crippen LogP contribution in [-0.2, 0) is 21.4 Å². The zero-order chi connectivity index (χ0) is 21.1. The van der Waals surface area contributed by atoms with Crippen molar-refractivity contribution in [3.8, 4) is 0 Å². The maximum atomic E-state index is 12.5. The lowest BCUT2D eigenvalue weighted by molar-refractivity contribution is -0.113. The average Bonchev–Trinajstić information content (AvgIpc) is 2.97. The number of nitrogens with one attached hydrogen (secondary N) is 1. The highest BCUT2D eigenvalue weighted by Crippen LogP contribution is 2.26. The number of sulfonamides is 1. The third kappa shape index (κ3) is 4.81. The summed E-state index contributed by atoms with van der Waals surface area (Å²) in [7, 11) is -0.647. The van der Waals surface area contributed by atoms with Crippen LogP contribution in [0, 0.1) is 20.8 Å². The van der Waals surface area contributed by atoms with Gasteiger partial charge in [0.2, 0.25) is 15.9 Å². The molecule has 1 amide bonds. The quantitative estimate of drug-likeness (QED) is 0.517. The van der Waals surface area contributed by atoms with Crippen LogP contribution in [0.1, 0.15) is 17.0 Å². The molecule has 152 valence electrons. The zero-order valence-corrected chi connectivity index (χ0v) is 18.3. The number of rotatable bonds is 8. The standard InChI is InChI=1S/C18H25N5O3S2/c1-7-8-23-14(4)20-21-18(23)27-11-17(24)19-16-10-15(9-12(2)13(16)3)28(25,26)22(5)6/h7,9-10H,1,8,11H2,2-6H3,(H,19,24). The molecule has 28 heavy (non-hydrogen) atoms. The maximum Gasteiger partial charge on any atom is 0.242 e. The van der Waals surface area contributed by atoms with E-state index in [4.69, 9.17) is 0 Å². The molecule has 0 fully saturated rings. The number of allylic oxidation sites excluding steroid dienone is 1. The normalized spacial score (nSPS) is 11.6. The van der Waals surface area contributed by atoms with Gasteiger partial charge in [0.25, 0.3) is 0 Å². The van der Waals surface area contributed by atoms with Crippen LogP contribution in [0.5, 0.6) is 0 Å². The number of nitrogens with zero attached hydrogens (tertiary/aromatic N) is 4. The number of hydrogen-bond acceptors (Lipinski definition) is 6. The number of benzene rings is 1. The first-order valence-corrected chi connectivity index (χ1v) is 11.0. The molecule has 0 saturated heterocycles. The Labute approximate surface area is 170 Å². The number of aryl methyl sites for hydroxylation is 2. The Morgan fingerprint density at radius 3 is 2.57 bits per heavy atom. The van der Waals surface area contributed by atoms with Gasteiger partial charge in [-0.15, -0.1) is 16.8 Å². The first kappa shape index (κ1) is 22.1. The van der Waals surface area contributed by atoms with Crippen LogP contribution in [0.2, 0.25) is 0 Å². The van der Waals surface area contributed by atoms with Crippen LogP contribution in [-0.4, -0.2) is 53.2 Å². The second-order valence-electron chi connectivity index (χ2n) is 6.47. The maximum absolute atomic E-state index is 12.5. The van der Waals surface area contributed by atoms with Crippen LogP contribution in [0.3, 0.4) is 0 Å². The van der Waals surface area contributed by atoms with E-state index in [1.54, 1.807) is 12.1 Å². The topological polar surface area (TPSA) is 97.2 Å². The third-order valence-electron chi connectivity index (χ3n) is 4.24. The molecule has 2 aromatic rings. The smallest absolute Gasteiger partial charge is 0.242 e. The Kier molecular flexibility index (Phi) is 7.02. The Balaban J connectivity index is 2.18. The molecular weight excluding hydrogens is 398 g/mol. The molecule has 2 rings (SSSR count). The van der Waals surface area contributed by atoms with E-state index in [-0.39, 0.29) is 16.6 Å². The van der Waals surface area contributed by atoms with Gasteiger partial charge in [0, 0.05) is 26.3 Å². The molecule has 0 aliphatic rings. The van der Waals surface area contributed by atoms with Crippen LogP contribution >= 0.6 is 11.8 Å². The van der Waals surface area contributed by atoms with Crippen molar-refractivity contribution in [2.45, 2.75) is 37.4 Å². The van der Waals surface area contributed by atoms with Crippen LogP contribution in [0.25, 0.3) is 0 Å². The SMILES string of the molecule is C=CCn1c(C)nnc1SCC(=O)Nc1cc(S(=O)(=O)N(C)C)cc(C)c1C. The first-order valence-electron chi connectivity index (χ1n) is 8.55. The van der Waals surface area contributed by atoms with Gasteiger partial charge in [-0.1, -0.05) is 17.8 Å². The summed E-state index contributed by atoms with van der Waals surface area (Å²) in [4.78, 5) is 12.6. The predicted octanol–water partition coefficient (Wildman–Crippen LogP) is 2.37. The summed E-state index contributed by atoms with van der Waals surface area (Å²) in [6.07, 6.45) is 1.74. The van der Waals surface area contributed by atoms with E-state index in [0.717, 1.165) is 21.3 Å². The van der Waals surface area contributed by atoms with Gasteiger partial charge in [0.1, 0.15) is 5.82 Å². The molecule has 1 N–H and O–H groups in total.